The van der Waals surface area contributed by atoms with Gasteiger partial charge in [-0.05, 0) is 111 Å². The van der Waals surface area contributed by atoms with Crippen LogP contribution in [0.1, 0.15) is 81.0 Å². The lowest BCUT2D eigenvalue weighted by molar-refractivity contribution is 0.660. The maximum atomic E-state index is 10.1. The van der Waals surface area contributed by atoms with E-state index in [0.29, 0.717) is 10.6 Å². The van der Waals surface area contributed by atoms with Crippen molar-refractivity contribution in [2.24, 2.45) is 0 Å². The van der Waals surface area contributed by atoms with Gasteiger partial charge in [-0.1, -0.05) is 171 Å². The Kier molecular flexibility index (Phi) is 2.95. The zero-order valence-electron chi connectivity index (χ0n) is 70.5. The molecule has 9 aromatic carbocycles. The second kappa shape index (κ2) is 13.9. The van der Waals surface area contributed by atoms with Crippen LogP contribution in [-0.2, 0) is 5.41 Å². The highest BCUT2D eigenvalue weighted by Crippen LogP contribution is 2.51. The summed E-state index contributed by atoms with van der Waals surface area (Å²) < 4.78 is 374. The summed E-state index contributed by atoms with van der Waals surface area (Å²) in [5.41, 5.74) is -20.9. The summed E-state index contributed by atoms with van der Waals surface area (Å²) in [5.74, 6) is 0. The van der Waals surface area contributed by atoms with E-state index in [2.05, 4.69) is 0 Å². The summed E-state index contributed by atoms with van der Waals surface area (Å²) in [4.78, 5) is 0.217. The SMILES string of the molecule is [2H]c1c(-c2c([2H])c([2H])c([2H])c([2H])c2[2H])cc(N(c2c([2H])c([2H])c(-c3c([2H])c([2H])c4c(c3[2H])c3c([2H])c([2H])c([2H])c([2H])c3n4-c3c([2H])c([2H])c([2H])c([2H])c3-c3c([2H])c([2H])c([2H])c([2H])c3[2H])c([2H])c2[2H])c2c([2H])c([2H])c3c(c2[2H])C(C([2H])([2H])[2H])(C([2H])([2H])[2H])c2c([2H])c([2H])c([2H])c([2H])c2-3)c([2H])c1[2H]. The molecule has 0 N–H and O–H groups in total. The van der Waals surface area contributed by atoms with Gasteiger partial charge in [-0.15, -0.1) is 0 Å². The Morgan fingerprint density at radius 3 is 1.83 bits per heavy atom. The zero-order chi connectivity index (χ0) is 75.0. The van der Waals surface area contributed by atoms with Crippen molar-refractivity contribution in [1.82, 2.24) is 4.57 Å². The third kappa shape index (κ3) is 5.79. The summed E-state index contributed by atoms with van der Waals surface area (Å²) >= 11 is 0. The van der Waals surface area contributed by atoms with Crippen LogP contribution in [0.25, 0.3) is 72.0 Å². The minimum atomic E-state index is -4.08. The number of aromatic nitrogens is 1. The van der Waals surface area contributed by atoms with Gasteiger partial charge in [0.25, 0.3) is 0 Å². The fourth-order valence-corrected chi connectivity index (χ4v) is 6.68. The molecule has 1 aliphatic rings. The monoisotopic (exact) mass is 796 g/mol. The molecule has 0 saturated heterocycles. The Hall–Kier alpha value is -7.42. The van der Waals surface area contributed by atoms with E-state index in [1.165, 1.54) is 0 Å². The minimum Gasteiger partial charge on any atom is -0.310 e. The number of nitrogens with zero attached hydrogens (tertiary/aromatic N) is 2. The van der Waals surface area contributed by atoms with Gasteiger partial charge in [0, 0.05) is 47.0 Å². The zero-order valence-corrected chi connectivity index (χ0v) is 29.5. The van der Waals surface area contributed by atoms with E-state index in [0.717, 1.165) is 0 Å². The van der Waals surface area contributed by atoms with E-state index in [4.69, 9.17) is 34.3 Å². The smallest absolute Gasteiger partial charge is 0.0648 e. The van der Waals surface area contributed by atoms with Crippen LogP contribution < -0.4 is 4.90 Å². The summed E-state index contributed by atoms with van der Waals surface area (Å²) in [7, 11) is 0. The van der Waals surface area contributed by atoms with Crippen LogP contribution in [0.2, 0.25) is 0 Å². The van der Waals surface area contributed by atoms with Crippen LogP contribution in [0.5, 0.6) is 0 Å². The second-order valence-corrected chi connectivity index (χ2v) is 12.6. The highest BCUT2D eigenvalue weighted by molar-refractivity contribution is 6.11. The van der Waals surface area contributed by atoms with Gasteiger partial charge >= 0.3 is 0 Å². The van der Waals surface area contributed by atoms with Crippen LogP contribution >= 0.6 is 0 Å². The average Bonchev–Trinajstić information content (AvgIpc) is 1.49. The normalized spacial score (nSPS) is 22.9. The third-order valence-corrected chi connectivity index (χ3v) is 9.27. The van der Waals surface area contributed by atoms with Crippen LogP contribution in [0.15, 0.2) is 218 Å². The van der Waals surface area contributed by atoms with E-state index in [1.807, 2.05) is 0 Å². The standard InChI is InChI=1S/C57H42N2/c1-57(2)52-25-12-9-23-48(52)49-34-33-46(38-53(49)57)58(45-21-15-20-42(36-45)39-16-5-3-6-17-39)44-31-28-40(29-32-44)43-30-35-56-51(37-43)50-24-11-14-27-55(50)59(56)54-26-13-10-22-47(54)41-18-7-4-8-19-41/h3-38H,1-2H3/i1D3,2D3,3D,4D,5D,6D,7D,8D,9D,10D,11D,12D,13D,14D,15D,16D,17D,18D,19D,20D,21D,22D,23D,24D,25D,26D,27D,28D,29D,30D,31D,32D,33D,34D,35D,37D,38D. The summed E-state index contributed by atoms with van der Waals surface area (Å²) in [6.45, 7) is -8.16. The third-order valence-electron chi connectivity index (χ3n) is 9.27. The molecule has 280 valence electrons. The number of hydrogen-bond acceptors (Lipinski definition) is 1. The first-order valence-corrected chi connectivity index (χ1v) is 17.2. The van der Waals surface area contributed by atoms with Gasteiger partial charge in [0.05, 0.1) is 64.7 Å². The molecule has 10 aromatic rings. The van der Waals surface area contributed by atoms with Crippen molar-refractivity contribution in [1.29, 1.82) is 0 Å². The lowest BCUT2D eigenvalue weighted by atomic mass is 9.82. The van der Waals surface area contributed by atoms with Crippen LogP contribution in [0.3, 0.4) is 0 Å². The van der Waals surface area contributed by atoms with Gasteiger partial charge < -0.3 is 9.47 Å². The second-order valence-electron chi connectivity index (χ2n) is 12.6. The molecule has 0 amide bonds. The fraction of sp³-hybridized carbons (Fsp3) is 0.0526. The Bertz CT molecular complexity index is 5370. The van der Waals surface area contributed by atoms with Crippen molar-refractivity contribution in [3.63, 3.8) is 0 Å². The molecule has 0 aliphatic heterocycles. The van der Waals surface area contributed by atoms with Crippen molar-refractivity contribution < 1.29 is 56.2 Å². The Morgan fingerprint density at radius 2 is 1.02 bits per heavy atom. The van der Waals surface area contributed by atoms with E-state index in [9.17, 15) is 21.9 Å². The number of hydrogen-bond donors (Lipinski definition) is 0. The molecular weight excluding hydrogens is 713 g/mol. The van der Waals surface area contributed by atoms with E-state index >= 15 is 0 Å². The molecule has 2 nitrogen and oxygen atoms in total. The first-order chi connectivity index (χ1) is 46.1. The van der Waals surface area contributed by atoms with E-state index in [-0.39, 0.29) is 4.90 Å². The summed E-state index contributed by atoms with van der Waals surface area (Å²) in [6.07, 6.45) is 0. The van der Waals surface area contributed by atoms with Crippen LogP contribution in [0, 0.1) is 0 Å². The highest BCUT2D eigenvalue weighted by atomic mass is 15.1. The summed E-state index contributed by atoms with van der Waals surface area (Å²) in [5, 5.41) is -1.65. The molecule has 0 radical (unpaired) electrons. The predicted octanol–water partition coefficient (Wildman–Crippen LogP) is 15.6. The minimum absolute atomic E-state index is 0.217. The lowest BCUT2D eigenvalue weighted by Gasteiger charge is -2.28. The Labute approximate surface area is 403 Å². The molecule has 0 unspecified atom stereocenters. The van der Waals surface area contributed by atoms with Gasteiger partial charge in [0.2, 0.25) is 0 Å². The van der Waals surface area contributed by atoms with Crippen molar-refractivity contribution in [2.75, 3.05) is 4.90 Å². The van der Waals surface area contributed by atoms with Crippen molar-refractivity contribution in [2.45, 2.75) is 19.1 Å². The van der Waals surface area contributed by atoms with Gasteiger partial charge in [-0.3, -0.25) is 0 Å². The fourth-order valence-electron chi connectivity index (χ4n) is 6.68. The molecule has 11 rings (SSSR count). The quantitative estimate of drug-likeness (QED) is 0.156. The van der Waals surface area contributed by atoms with Crippen molar-refractivity contribution >= 4 is 38.9 Å². The highest BCUT2D eigenvalue weighted by Gasteiger charge is 2.35. The largest absolute Gasteiger partial charge is 0.310 e. The number of fused-ring (bicyclic) bond motifs is 6. The average molecular weight is 796 g/mol. The Morgan fingerprint density at radius 1 is 0.407 bits per heavy atom. The molecule has 1 heterocycles. The molecule has 1 aliphatic carbocycles. The molecule has 0 fully saturated rings. The molecule has 0 atom stereocenters. The molecule has 0 saturated carbocycles. The summed E-state index contributed by atoms with van der Waals surface area (Å²) in [6, 6.07) is -40.7. The molecule has 2 heteroatoms. The first kappa shape index (κ1) is 12.5. The number of anilines is 3. The predicted molar refractivity (Wildman–Crippen MR) is 249 cm³/mol. The number of benzene rings is 9. The molecule has 1 aromatic heterocycles. The maximum absolute atomic E-state index is 10.1. The topological polar surface area (TPSA) is 8.17 Å². The molecule has 0 bridgehead atoms. The van der Waals surface area contributed by atoms with Gasteiger partial charge in [0.15, 0.2) is 0 Å². The van der Waals surface area contributed by atoms with E-state index < -0.39 is 331 Å². The number of para-hydroxylation sites is 2. The van der Waals surface area contributed by atoms with Gasteiger partial charge in [-0.25, -0.2) is 0 Å². The number of rotatable bonds is 7. The molecule has 59 heavy (non-hydrogen) atoms. The first-order valence-electron chi connectivity index (χ1n) is 37.7. The van der Waals surface area contributed by atoms with Gasteiger partial charge in [0.1, 0.15) is 0 Å². The lowest BCUT2D eigenvalue weighted by Crippen LogP contribution is -2.16. The van der Waals surface area contributed by atoms with Crippen LogP contribution in [-0.4, -0.2) is 4.57 Å². The Balaban J connectivity index is 1.33. The van der Waals surface area contributed by atoms with Crippen molar-refractivity contribution in [3.05, 3.63) is 229 Å². The van der Waals surface area contributed by atoms with Gasteiger partial charge in [-0.2, -0.15) is 0 Å². The molecule has 0 spiro atoms. The molecular formula is C57H42N2. The van der Waals surface area contributed by atoms with Crippen molar-refractivity contribution in [3.8, 4) is 50.2 Å². The van der Waals surface area contributed by atoms with E-state index in [1.54, 1.807) is 0 Å². The van der Waals surface area contributed by atoms with Crippen LogP contribution in [0.4, 0.5) is 17.1 Å². The maximum Gasteiger partial charge on any atom is 0.0648 e.